The van der Waals surface area contributed by atoms with Gasteiger partial charge in [-0.3, -0.25) is 9.89 Å². The molecule has 0 saturated heterocycles. The van der Waals surface area contributed by atoms with Gasteiger partial charge in [-0.05, 0) is 26.0 Å². The first-order valence-electron chi connectivity index (χ1n) is 7.58. The number of para-hydroxylation sites is 1. The van der Waals surface area contributed by atoms with Crippen LogP contribution in [0, 0.1) is 0 Å². The van der Waals surface area contributed by atoms with Crippen LogP contribution in [0.25, 0.3) is 11.4 Å². The Bertz CT molecular complexity index is 815. The Morgan fingerprint density at radius 2 is 1.67 bits per heavy atom. The molecule has 1 aromatic heterocycles. The highest BCUT2D eigenvalue weighted by Gasteiger charge is 2.31. The number of carbonyl (C=O) groups excluding carboxylic acids is 1. The van der Waals surface area contributed by atoms with Crippen LogP contribution in [0.15, 0.2) is 65.8 Å². The number of hydrogen-bond donors (Lipinski definition) is 2. The Morgan fingerprint density at radius 1 is 1.04 bits per heavy atom. The van der Waals surface area contributed by atoms with E-state index in [1.165, 1.54) is 11.8 Å². The minimum atomic E-state index is -0.702. The first kappa shape index (κ1) is 16.3. The monoisotopic (exact) mass is 338 g/mol. The highest BCUT2D eigenvalue weighted by Crippen LogP contribution is 2.32. The van der Waals surface area contributed by atoms with Crippen LogP contribution in [0.3, 0.4) is 0 Å². The van der Waals surface area contributed by atoms with Crippen molar-refractivity contribution in [2.75, 3.05) is 5.32 Å². The highest BCUT2D eigenvalue weighted by molar-refractivity contribution is 8.01. The summed E-state index contributed by atoms with van der Waals surface area (Å²) in [6.07, 6.45) is 0. The zero-order valence-electron chi connectivity index (χ0n) is 13.5. The van der Waals surface area contributed by atoms with E-state index in [1.807, 2.05) is 74.5 Å². The van der Waals surface area contributed by atoms with E-state index in [1.54, 1.807) is 0 Å². The van der Waals surface area contributed by atoms with Gasteiger partial charge in [0.05, 0.1) is 4.75 Å². The molecule has 3 rings (SSSR count). The predicted octanol–water partition coefficient (Wildman–Crippen LogP) is 3.98. The summed E-state index contributed by atoms with van der Waals surface area (Å²) < 4.78 is -0.702. The van der Waals surface area contributed by atoms with E-state index in [4.69, 9.17) is 0 Å². The van der Waals surface area contributed by atoms with Crippen molar-refractivity contribution in [1.29, 1.82) is 0 Å². The Balaban J connectivity index is 1.70. The summed E-state index contributed by atoms with van der Waals surface area (Å²) in [5, 5.41) is 10.6. The van der Waals surface area contributed by atoms with Crippen molar-refractivity contribution in [3.05, 3.63) is 60.7 Å². The molecule has 0 aliphatic carbocycles. The van der Waals surface area contributed by atoms with Crippen molar-refractivity contribution < 1.29 is 4.79 Å². The van der Waals surface area contributed by atoms with Crippen molar-refractivity contribution >= 4 is 23.4 Å². The fourth-order valence-electron chi connectivity index (χ4n) is 2.09. The fraction of sp³-hybridized carbons (Fsp3) is 0.167. The quantitative estimate of drug-likeness (QED) is 0.690. The number of hydrogen-bond acceptors (Lipinski definition) is 4. The van der Waals surface area contributed by atoms with Crippen LogP contribution in [0.4, 0.5) is 5.69 Å². The molecule has 2 N–H and O–H groups in total. The molecule has 2 aromatic carbocycles. The number of carbonyl (C=O) groups is 1. The molecule has 0 fully saturated rings. The molecule has 0 aliphatic heterocycles. The van der Waals surface area contributed by atoms with Gasteiger partial charge in [0.15, 0.2) is 5.82 Å². The Morgan fingerprint density at radius 3 is 2.33 bits per heavy atom. The summed E-state index contributed by atoms with van der Waals surface area (Å²) >= 11 is 1.32. The zero-order chi connectivity index (χ0) is 17.0. The number of rotatable bonds is 5. The fourth-order valence-corrected chi connectivity index (χ4v) is 2.92. The third-order valence-corrected chi connectivity index (χ3v) is 4.50. The standard InChI is InChI=1S/C18H18N4OS/c1-18(2,16(23)19-14-11-7-4-8-12-14)24-17-20-15(21-22-17)13-9-5-3-6-10-13/h3-12H,1-2H3,(H,19,23)(H,20,21,22). The lowest BCUT2D eigenvalue weighted by molar-refractivity contribution is -0.117. The van der Waals surface area contributed by atoms with Crippen LogP contribution in [0.2, 0.25) is 0 Å². The van der Waals surface area contributed by atoms with Gasteiger partial charge in [-0.25, -0.2) is 4.98 Å². The molecule has 0 atom stereocenters. The largest absolute Gasteiger partial charge is 0.325 e. The summed E-state index contributed by atoms with van der Waals surface area (Å²) in [5.41, 5.74) is 1.74. The number of anilines is 1. The molecular weight excluding hydrogens is 320 g/mol. The lowest BCUT2D eigenvalue weighted by Crippen LogP contribution is -2.34. The molecule has 0 saturated carbocycles. The first-order valence-corrected chi connectivity index (χ1v) is 8.39. The Hall–Kier alpha value is -2.60. The normalized spacial score (nSPS) is 11.2. The van der Waals surface area contributed by atoms with E-state index in [0.29, 0.717) is 11.0 Å². The average molecular weight is 338 g/mol. The second kappa shape index (κ2) is 6.88. The van der Waals surface area contributed by atoms with Gasteiger partial charge < -0.3 is 5.32 Å². The van der Waals surface area contributed by atoms with Crippen molar-refractivity contribution in [1.82, 2.24) is 15.2 Å². The number of aromatic nitrogens is 3. The molecule has 0 aliphatic rings. The van der Waals surface area contributed by atoms with Crippen LogP contribution in [0.1, 0.15) is 13.8 Å². The van der Waals surface area contributed by atoms with E-state index < -0.39 is 4.75 Å². The van der Waals surface area contributed by atoms with Crippen molar-refractivity contribution in [3.63, 3.8) is 0 Å². The number of aromatic amines is 1. The molecule has 0 radical (unpaired) electrons. The SMILES string of the molecule is CC(C)(Sc1n[nH]c(-c2ccccc2)n1)C(=O)Nc1ccccc1. The molecule has 1 heterocycles. The summed E-state index contributed by atoms with van der Waals surface area (Å²) in [6.45, 7) is 3.71. The average Bonchev–Trinajstić information content (AvgIpc) is 3.04. The van der Waals surface area contributed by atoms with Gasteiger partial charge in [-0.2, -0.15) is 0 Å². The summed E-state index contributed by atoms with van der Waals surface area (Å²) in [6, 6.07) is 19.2. The van der Waals surface area contributed by atoms with Crippen LogP contribution in [-0.4, -0.2) is 25.8 Å². The molecule has 0 unspecified atom stereocenters. The molecule has 6 heteroatoms. The Kier molecular flexibility index (Phi) is 4.66. The molecule has 0 bridgehead atoms. The van der Waals surface area contributed by atoms with E-state index in [2.05, 4.69) is 20.5 Å². The predicted molar refractivity (Wildman–Crippen MR) is 96.8 cm³/mol. The molecule has 122 valence electrons. The highest BCUT2D eigenvalue weighted by atomic mass is 32.2. The second-order valence-electron chi connectivity index (χ2n) is 5.77. The maximum Gasteiger partial charge on any atom is 0.240 e. The number of benzene rings is 2. The van der Waals surface area contributed by atoms with Gasteiger partial charge >= 0.3 is 0 Å². The zero-order valence-corrected chi connectivity index (χ0v) is 14.3. The van der Waals surface area contributed by atoms with Crippen molar-refractivity contribution in [2.45, 2.75) is 23.8 Å². The molecule has 24 heavy (non-hydrogen) atoms. The molecular formula is C18H18N4OS. The van der Waals surface area contributed by atoms with Crippen LogP contribution in [0.5, 0.6) is 0 Å². The van der Waals surface area contributed by atoms with E-state index >= 15 is 0 Å². The third-order valence-electron chi connectivity index (χ3n) is 3.44. The third kappa shape index (κ3) is 3.83. The van der Waals surface area contributed by atoms with Gasteiger partial charge in [0.25, 0.3) is 0 Å². The maximum atomic E-state index is 12.5. The van der Waals surface area contributed by atoms with Gasteiger partial charge in [-0.1, -0.05) is 60.3 Å². The summed E-state index contributed by atoms with van der Waals surface area (Å²) in [7, 11) is 0. The van der Waals surface area contributed by atoms with Gasteiger partial charge in [0, 0.05) is 11.3 Å². The van der Waals surface area contributed by atoms with Gasteiger partial charge in [0.1, 0.15) is 0 Å². The van der Waals surface area contributed by atoms with E-state index in [9.17, 15) is 4.79 Å². The maximum absolute atomic E-state index is 12.5. The summed E-state index contributed by atoms with van der Waals surface area (Å²) in [4.78, 5) is 17.0. The smallest absolute Gasteiger partial charge is 0.240 e. The summed E-state index contributed by atoms with van der Waals surface area (Å²) in [5.74, 6) is 0.599. The van der Waals surface area contributed by atoms with Gasteiger partial charge in [-0.15, -0.1) is 5.10 Å². The molecule has 0 spiro atoms. The molecule has 3 aromatic rings. The molecule has 1 amide bonds. The van der Waals surface area contributed by atoms with Crippen LogP contribution < -0.4 is 5.32 Å². The lowest BCUT2D eigenvalue weighted by atomic mass is 10.2. The number of H-pyrrole nitrogens is 1. The topological polar surface area (TPSA) is 70.7 Å². The van der Waals surface area contributed by atoms with Crippen LogP contribution >= 0.6 is 11.8 Å². The minimum absolute atomic E-state index is 0.0928. The van der Waals surface area contributed by atoms with Crippen LogP contribution in [-0.2, 0) is 4.79 Å². The number of nitrogens with one attached hydrogen (secondary N) is 2. The second-order valence-corrected chi connectivity index (χ2v) is 7.36. The number of thioether (sulfide) groups is 1. The van der Waals surface area contributed by atoms with Crippen molar-refractivity contribution in [3.8, 4) is 11.4 Å². The van der Waals surface area contributed by atoms with Crippen molar-refractivity contribution in [2.24, 2.45) is 0 Å². The number of amides is 1. The van der Waals surface area contributed by atoms with E-state index in [0.717, 1.165) is 11.3 Å². The first-order chi connectivity index (χ1) is 11.5. The minimum Gasteiger partial charge on any atom is -0.325 e. The van der Waals surface area contributed by atoms with E-state index in [-0.39, 0.29) is 5.91 Å². The molecule has 5 nitrogen and oxygen atoms in total. The number of nitrogens with zero attached hydrogens (tertiary/aromatic N) is 2. The lowest BCUT2D eigenvalue weighted by Gasteiger charge is -2.21. The Labute approximate surface area is 144 Å². The van der Waals surface area contributed by atoms with Gasteiger partial charge in [0.2, 0.25) is 11.1 Å².